The maximum atomic E-state index is 14.6. The summed E-state index contributed by atoms with van der Waals surface area (Å²) in [5, 5.41) is 12.1. The highest BCUT2D eigenvalue weighted by atomic mass is 32.2. The first-order valence-electron chi connectivity index (χ1n) is 9.66. The van der Waals surface area contributed by atoms with Crippen LogP contribution in [0.1, 0.15) is 11.1 Å². The van der Waals surface area contributed by atoms with Crippen molar-refractivity contribution in [1.82, 2.24) is 5.43 Å². The van der Waals surface area contributed by atoms with E-state index in [1.165, 1.54) is 41.3 Å². The van der Waals surface area contributed by atoms with Gasteiger partial charge in [0.2, 0.25) is 10.0 Å². The van der Waals surface area contributed by atoms with Crippen molar-refractivity contribution in [3.63, 3.8) is 0 Å². The standard InChI is InChI=1S/C22H18FN5O3S2/c23-18-8-4-7-17-19(21(29)28(20(17)18)13-14-5-2-1-3-6-14)26-27-22(32)25-15-9-11-16(12-10-15)33(24,30)31/h1-12H,13H2,(H2,24,30,31)(H2,25,27,32). The molecule has 0 aliphatic carbocycles. The first-order valence-corrected chi connectivity index (χ1v) is 11.6. The maximum Gasteiger partial charge on any atom is 0.279 e. The minimum Gasteiger partial charge on any atom is -0.331 e. The van der Waals surface area contributed by atoms with Gasteiger partial charge in [0.1, 0.15) is 5.82 Å². The molecule has 4 N–H and O–H groups in total. The number of anilines is 2. The normalized spacial score (nSPS) is 14.3. The highest BCUT2D eigenvalue weighted by molar-refractivity contribution is 7.89. The molecule has 8 nitrogen and oxygen atoms in total. The topological polar surface area (TPSA) is 117 Å². The summed E-state index contributed by atoms with van der Waals surface area (Å²) in [7, 11) is -3.81. The van der Waals surface area contributed by atoms with Crippen molar-refractivity contribution in [2.45, 2.75) is 11.4 Å². The molecule has 1 heterocycles. The minimum absolute atomic E-state index is 0.0224. The van der Waals surface area contributed by atoms with Gasteiger partial charge in [-0.25, -0.2) is 17.9 Å². The highest BCUT2D eigenvalue weighted by Gasteiger charge is 2.36. The Kier molecular flexibility index (Phi) is 6.18. The van der Waals surface area contributed by atoms with Crippen molar-refractivity contribution in [3.05, 3.63) is 89.7 Å². The van der Waals surface area contributed by atoms with Gasteiger partial charge in [-0.2, -0.15) is 5.10 Å². The first kappa shape index (κ1) is 22.5. The summed E-state index contributed by atoms with van der Waals surface area (Å²) in [6, 6.07) is 19.3. The Labute approximate surface area is 195 Å². The molecular formula is C22H18FN5O3S2. The van der Waals surface area contributed by atoms with Gasteiger partial charge >= 0.3 is 0 Å². The molecule has 3 aromatic carbocycles. The van der Waals surface area contributed by atoms with Crippen LogP contribution in [0.4, 0.5) is 15.8 Å². The summed E-state index contributed by atoms with van der Waals surface area (Å²) in [6.07, 6.45) is 0. The van der Waals surface area contributed by atoms with Crippen LogP contribution in [0.25, 0.3) is 0 Å². The van der Waals surface area contributed by atoms with Crippen LogP contribution in [0.5, 0.6) is 0 Å². The van der Waals surface area contributed by atoms with Gasteiger partial charge in [0.05, 0.1) is 17.1 Å². The summed E-state index contributed by atoms with van der Waals surface area (Å²) in [5.41, 5.74) is 4.44. The fraction of sp³-hybridized carbons (Fsp3) is 0.0455. The van der Waals surface area contributed by atoms with Gasteiger partial charge in [-0.15, -0.1) is 0 Å². The van der Waals surface area contributed by atoms with E-state index in [0.717, 1.165) is 5.56 Å². The van der Waals surface area contributed by atoms with E-state index in [9.17, 15) is 17.6 Å². The molecule has 1 aliphatic heterocycles. The number of amides is 1. The Bertz CT molecular complexity index is 1360. The zero-order valence-corrected chi connectivity index (χ0v) is 18.7. The van der Waals surface area contributed by atoms with Crippen LogP contribution in [-0.4, -0.2) is 25.1 Å². The van der Waals surface area contributed by atoms with Gasteiger partial charge in [0, 0.05) is 11.3 Å². The Balaban J connectivity index is 1.53. The van der Waals surface area contributed by atoms with E-state index in [0.29, 0.717) is 11.3 Å². The summed E-state index contributed by atoms with van der Waals surface area (Å²) in [6.45, 7) is 0.186. The second-order valence-electron chi connectivity index (χ2n) is 7.11. The Morgan fingerprint density at radius 2 is 1.73 bits per heavy atom. The molecule has 0 bridgehead atoms. The van der Waals surface area contributed by atoms with E-state index in [4.69, 9.17) is 17.4 Å². The van der Waals surface area contributed by atoms with Crippen molar-refractivity contribution in [2.75, 3.05) is 10.2 Å². The molecule has 168 valence electrons. The Hall–Kier alpha value is -3.67. The van der Waals surface area contributed by atoms with Crippen LogP contribution >= 0.6 is 12.2 Å². The summed E-state index contributed by atoms with van der Waals surface area (Å²) in [4.78, 5) is 14.4. The average Bonchev–Trinajstić information content (AvgIpc) is 3.05. The molecule has 0 unspecified atom stereocenters. The molecule has 0 aromatic heterocycles. The molecule has 0 spiro atoms. The maximum absolute atomic E-state index is 14.6. The van der Waals surface area contributed by atoms with Gasteiger partial charge in [0.15, 0.2) is 10.8 Å². The number of nitrogens with one attached hydrogen (secondary N) is 2. The lowest BCUT2D eigenvalue weighted by atomic mass is 10.1. The smallest absolute Gasteiger partial charge is 0.279 e. The molecule has 1 aliphatic rings. The lowest BCUT2D eigenvalue weighted by molar-refractivity contribution is -0.112. The summed E-state index contributed by atoms with van der Waals surface area (Å²) < 4.78 is 37.3. The van der Waals surface area contributed by atoms with Crippen molar-refractivity contribution in [1.29, 1.82) is 0 Å². The first-order chi connectivity index (χ1) is 15.7. The number of thiocarbonyl (C=S) groups is 1. The van der Waals surface area contributed by atoms with Crippen molar-refractivity contribution < 1.29 is 17.6 Å². The predicted molar refractivity (Wildman–Crippen MR) is 128 cm³/mol. The van der Waals surface area contributed by atoms with E-state index < -0.39 is 21.7 Å². The third kappa shape index (κ3) is 4.90. The monoisotopic (exact) mass is 483 g/mol. The van der Waals surface area contributed by atoms with Gasteiger partial charge in [-0.3, -0.25) is 15.1 Å². The molecule has 4 rings (SSSR count). The quantitative estimate of drug-likeness (QED) is 0.380. The number of nitrogens with zero attached hydrogens (tertiary/aromatic N) is 2. The highest BCUT2D eigenvalue weighted by Crippen LogP contribution is 2.33. The third-order valence-electron chi connectivity index (χ3n) is 4.85. The predicted octanol–water partition coefficient (Wildman–Crippen LogP) is 2.71. The SMILES string of the molecule is NS(=O)(=O)c1ccc(NC(=S)NN=C2C(=O)N(Cc3ccccc3)c3c(F)cccc32)cc1. The van der Waals surface area contributed by atoms with Crippen molar-refractivity contribution in [2.24, 2.45) is 10.2 Å². The van der Waals surface area contributed by atoms with Crippen molar-refractivity contribution in [3.8, 4) is 0 Å². The number of fused-ring (bicyclic) bond motifs is 1. The van der Waals surface area contributed by atoms with Crippen LogP contribution < -0.4 is 20.8 Å². The number of nitrogens with two attached hydrogens (primary N) is 1. The average molecular weight is 484 g/mol. The third-order valence-corrected chi connectivity index (χ3v) is 5.98. The summed E-state index contributed by atoms with van der Waals surface area (Å²) in [5.74, 6) is -0.996. The Morgan fingerprint density at radius 1 is 1.03 bits per heavy atom. The molecule has 0 atom stereocenters. The van der Waals surface area contributed by atoms with E-state index in [2.05, 4.69) is 15.8 Å². The minimum atomic E-state index is -3.81. The number of hydrogen-bond acceptors (Lipinski definition) is 5. The van der Waals surface area contributed by atoms with E-state index >= 15 is 0 Å². The number of sulfonamides is 1. The summed E-state index contributed by atoms with van der Waals surface area (Å²) >= 11 is 5.20. The molecule has 0 saturated heterocycles. The molecule has 1 amide bonds. The van der Waals surface area contributed by atoms with Crippen LogP contribution in [-0.2, 0) is 21.4 Å². The number of hydrogen-bond donors (Lipinski definition) is 3. The zero-order chi connectivity index (χ0) is 23.6. The fourth-order valence-electron chi connectivity index (χ4n) is 3.34. The zero-order valence-electron chi connectivity index (χ0n) is 17.0. The number of carbonyl (C=O) groups excluding carboxylic acids is 1. The number of halogens is 1. The lowest BCUT2D eigenvalue weighted by Crippen LogP contribution is -2.32. The molecule has 3 aromatic rings. The molecule has 0 radical (unpaired) electrons. The molecular weight excluding hydrogens is 465 g/mol. The van der Waals surface area contributed by atoms with Crippen LogP contribution in [0.2, 0.25) is 0 Å². The molecule has 11 heteroatoms. The van der Waals surface area contributed by atoms with E-state index in [1.807, 2.05) is 30.3 Å². The van der Waals surface area contributed by atoms with Crippen LogP contribution in [0.15, 0.2) is 82.8 Å². The number of hydrazone groups is 1. The molecule has 0 saturated carbocycles. The van der Waals surface area contributed by atoms with E-state index in [-0.39, 0.29) is 28.0 Å². The number of benzene rings is 3. The van der Waals surface area contributed by atoms with Crippen molar-refractivity contribution >= 4 is 50.3 Å². The van der Waals surface area contributed by atoms with Crippen LogP contribution in [0.3, 0.4) is 0 Å². The number of carbonyl (C=O) groups is 1. The van der Waals surface area contributed by atoms with Gasteiger partial charge < -0.3 is 5.32 Å². The second-order valence-corrected chi connectivity index (χ2v) is 9.08. The largest absolute Gasteiger partial charge is 0.331 e. The number of primary sulfonamides is 1. The molecule has 0 fully saturated rings. The molecule has 33 heavy (non-hydrogen) atoms. The van der Waals surface area contributed by atoms with Gasteiger partial charge in [0.25, 0.3) is 5.91 Å². The lowest BCUT2D eigenvalue weighted by Gasteiger charge is -2.17. The fourth-order valence-corrected chi connectivity index (χ4v) is 4.02. The van der Waals surface area contributed by atoms with E-state index in [1.54, 1.807) is 6.07 Å². The second kappa shape index (κ2) is 9.06. The number of rotatable bonds is 5. The number of para-hydroxylation sites is 1. The Morgan fingerprint density at radius 3 is 2.39 bits per heavy atom. The van der Waals surface area contributed by atoms with Gasteiger partial charge in [-0.05, 0) is 48.1 Å². The van der Waals surface area contributed by atoms with Gasteiger partial charge in [-0.1, -0.05) is 42.5 Å². The van der Waals surface area contributed by atoms with Crippen LogP contribution in [0, 0.1) is 5.82 Å².